The van der Waals surface area contributed by atoms with E-state index in [9.17, 15) is 24.3 Å². The molecule has 2 aliphatic rings. The molecule has 1 aliphatic carbocycles. The number of unbranched alkanes of at least 4 members (excludes halogenated alkanes) is 1. The van der Waals surface area contributed by atoms with Crippen molar-refractivity contribution in [2.45, 2.75) is 123 Å². The fraction of sp³-hybridized carbons (Fsp3) is 0.580. The summed E-state index contributed by atoms with van der Waals surface area (Å²) in [6, 6.07) is 16.1. The third-order valence-electron chi connectivity index (χ3n) is 12.5. The second-order valence-electron chi connectivity index (χ2n) is 18.3. The molecule has 14 nitrogen and oxygen atoms in total. The van der Waals surface area contributed by atoms with Crippen molar-refractivity contribution < 1.29 is 33.8 Å². The number of hydrazine groups is 1. The number of hydrogen-bond donors (Lipinski definition) is 5. The highest BCUT2D eigenvalue weighted by molar-refractivity contribution is 5.82. The first-order valence-electron chi connectivity index (χ1n) is 23.0. The van der Waals surface area contributed by atoms with Gasteiger partial charge in [-0.2, -0.15) is 0 Å². The van der Waals surface area contributed by atoms with Crippen LogP contribution in [0.15, 0.2) is 54.7 Å². The number of amides is 2. The Labute approximate surface area is 381 Å². The van der Waals surface area contributed by atoms with Gasteiger partial charge in [-0.1, -0.05) is 51.3 Å². The average molecular weight is 886 g/mol. The number of esters is 1. The van der Waals surface area contributed by atoms with E-state index in [1.54, 1.807) is 14.2 Å². The third kappa shape index (κ3) is 14.6. The van der Waals surface area contributed by atoms with Crippen molar-refractivity contribution in [3.63, 3.8) is 0 Å². The van der Waals surface area contributed by atoms with Gasteiger partial charge in [0.15, 0.2) is 0 Å². The minimum atomic E-state index is -0.330. The molecule has 5 rings (SSSR count). The summed E-state index contributed by atoms with van der Waals surface area (Å²) < 4.78 is 11.4. The van der Waals surface area contributed by atoms with Crippen molar-refractivity contribution in [2.24, 2.45) is 11.3 Å². The second kappa shape index (κ2) is 25.6. The fourth-order valence-electron chi connectivity index (χ4n) is 9.59. The van der Waals surface area contributed by atoms with E-state index in [4.69, 9.17) is 14.5 Å². The number of ether oxygens (including phenoxy) is 2. The number of pyridine rings is 1. The van der Waals surface area contributed by atoms with Gasteiger partial charge in [0.1, 0.15) is 12.0 Å². The first kappa shape index (κ1) is 51.7. The van der Waals surface area contributed by atoms with E-state index in [1.807, 2.05) is 45.4 Å². The molecule has 5 atom stereocenters. The molecule has 1 aliphatic heterocycles. The fourth-order valence-corrected chi connectivity index (χ4v) is 9.59. The monoisotopic (exact) mass is 886 g/mol. The lowest BCUT2D eigenvalue weighted by molar-refractivity contribution is -0.144. The predicted octanol–water partition coefficient (Wildman–Crippen LogP) is 6.78. The number of likely N-dealkylation sites (N-methyl/N-ethyl adjacent to an activating group) is 3. The van der Waals surface area contributed by atoms with Crippen molar-refractivity contribution in [3.05, 3.63) is 77.1 Å². The number of benzene rings is 2. The molecule has 2 aromatic carbocycles. The summed E-state index contributed by atoms with van der Waals surface area (Å²) in [6.07, 6.45) is 11.2. The summed E-state index contributed by atoms with van der Waals surface area (Å²) in [5.74, 6) is 0.300. The maximum absolute atomic E-state index is 14.0. The number of nitrogens with zero attached hydrogens (tertiary/aromatic N) is 3. The molecule has 0 radical (unpaired) electrons. The zero-order valence-electron chi connectivity index (χ0n) is 39.7. The molecule has 1 fully saturated rings. The highest BCUT2D eigenvalue weighted by Gasteiger charge is 2.43. The molecule has 5 N–H and O–H groups in total. The van der Waals surface area contributed by atoms with E-state index in [0.717, 1.165) is 97.8 Å². The molecule has 352 valence electrons. The van der Waals surface area contributed by atoms with E-state index in [0.29, 0.717) is 38.4 Å². The van der Waals surface area contributed by atoms with Gasteiger partial charge in [0, 0.05) is 51.0 Å². The van der Waals surface area contributed by atoms with Gasteiger partial charge in [0.05, 0.1) is 37.0 Å². The quantitative estimate of drug-likeness (QED) is 0.0277. The summed E-state index contributed by atoms with van der Waals surface area (Å²) >= 11 is 0. The first-order chi connectivity index (χ1) is 30.7. The van der Waals surface area contributed by atoms with Crippen molar-refractivity contribution in [3.8, 4) is 16.9 Å². The zero-order chi connectivity index (χ0) is 46.8. The number of aromatic nitrogens is 1. The molecule has 2 amide bonds. The van der Waals surface area contributed by atoms with Gasteiger partial charge in [-0.25, -0.2) is 5.43 Å². The standard InChI is InChI=1S/C47H68N6O6.C3H7NO/c1-9-53-42-20-19-35(27-40(42)41(28-47(4,5)29-59-32(3)55)45(53)39-18-14-21-48-43(39)31(2)58-8)36-23-33(25-38(56)26-36)24-37(17-12-13-22-49-50-30-54)51-46(57)44(52(6)7)34-15-10-11-16-34;1-4-2-3-5/h14,18-21,23,25-27,30-31,34,37,41,44-45,49,56H,9-13,15-17,22,24,28-29H2,1-8H3,(H,50,54)(H,51,57);3-4H,2H2,1H3. The van der Waals surface area contributed by atoms with Crippen LogP contribution in [-0.4, -0.2) is 106 Å². The lowest BCUT2D eigenvalue weighted by Gasteiger charge is -2.35. The first-order valence-corrected chi connectivity index (χ1v) is 23.0. The van der Waals surface area contributed by atoms with E-state index in [2.05, 4.69) is 82.4 Å². The molecule has 1 aromatic heterocycles. The highest BCUT2D eigenvalue weighted by atomic mass is 16.5. The Morgan fingerprint density at radius 3 is 2.42 bits per heavy atom. The zero-order valence-corrected chi connectivity index (χ0v) is 39.7. The van der Waals surface area contributed by atoms with Gasteiger partial charge in [0.2, 0.25) is 12.3 Å². The normalized spacial score (nSPS) is 17.5. The number of phenolic OH excluding ortho intramolecular Hbond substituents is 1. The number of phenols is 1. The topological polar surface area (TPSA) is 174 Å². The Balaban J connectivity index is 0.00000170. The maximum Gasteiger partial charge on any atom is 0.302 e. The van der Waals surface area contributed by atoms with E-state index < -0.39 is 0 Å². The summed E-state index contributed by atoms with van der Waals surface area (Å²) in [5.41, 5.74) is 12.2. The number of anilines is 1. The van der Waals surface area contributed by atoms with Crippen LogP contribution in [0.2, 0.25) is 0 Å². The van der Waals surface area contributed by atoms with Gasteiger partial charge >= 0.3 is 5.97 Å². The molecular formula is C50H75N7O7. The van der Waals surface area contributed by atoms with Gasteiger partial charge < -0.3 is 34.9 Å². The van der Waals surface area contributed by atoms with Crippen LogP contribution < -0.4 is 26.4 Å². The summed E-state index contributed by atoms with van der Waals surface area (Å²) in [6.45, 7) is 12.1. The lowest BCUT2D eigenvalue weighted by Crippen LogP contribution is -2.50. The number of aromatic hydroxyl groups is 1. The third-order valence-corrected chi connectivity index (χ3v) is 12.5. The number of carbonyl (C=O) groups is 4. The van der Waals surface area contributed by atoms with Gasteiger partial charge in [-0.3, -0.25) is 29.7 Å². The van der Waals surface area contributed by atoms with E-state index in [-0.39, 0.29) is 53.2 Å². The van der Waals surface area contributed by atoms with Crippen LogP contribution in [0.3, 0.4) is 0 Å². The van der Waals surface area contributed by atoms with Crippen molar-refractivity contribution >= 4 is 30.3 Å². The number of carbonyl (C=O) groups excluding carboxylic acids is 4. The van der Waals surface area contributed by atoms with Gasteiger partial charge in [-0.15, -0.1) is 0 Å². The van der Waals surface area contributed by atoms with Crippen molar-refractivity contribution in [1.29, 1.82) is 0 Å². The highest BCUT2D eigenvalue weighted by Crippen LogP contribution is 2.54. The van der Waals surface area contributed by atoms with Crippen LogP contribution in [0.4, 0.5) is 5.69 Å². The smallest absolute Gasteiger partial charge is 0.302 e. The van der Waals surface area contributed by atoms with Crippen molar-refractivity contribution in [1.82, 2.24) is 31.4 Å². The van der Waals surface area contributed by atoms with Crippen LogP contribution in [0.5, 0.6) is 5.75 Å². The molecule has 1 saturated carbocycles. The Kier molecular flexibility index (Phi) is 20.7. The van der Waals surface area contributed by atoms with E-state index in [1.165, 1.54) is 12.5 Å². The summed E-state index contributed by atoms with van der Waals surface area (Å²) in [5, 5.41) is 17.3. The number of hydrogen-bond acceptors (Lipinski definition) is 12. The summed E-state index contributed by atoms with van der Waals surface area (Å²) in [7, 11) is 7.42. The maximum atomic E-state index is 14.0. The Bertz CT molecular complexity index is 1950. The Hall–Kier alpha value is -4.89. The molecule has 2 heterocycles. The van der Waals surface area contributed by atoms with Crippen LogP contribution in [0.1, 0.15) is 126 Å². The predicted molar refractivity (Wildman–Crippen MR) is 253 cm³/mol. The molecule has 0 bridgehead atoms. The van der Waals surface area contributed by atoms with E-state index >= 15 is 0 Å². The average Bonchev–Trinajstić information content (AvgIpc) is 3.89. The molecule has 14 heteroatoms. The molecule has 0 spiro atoms. The minimum absolute atomic E-state index is 0.0274. The minimum Gasteiger partial charge on any atom is -0.508 e. The Morgan fingerprint density at radius 2 is 1.80 bits per heavy atom. The number of methoxy groups -OCH3 is 1. The largest absolute Gasteiger partial charge is 0.508 e. The van der Waals surface area contributed by atoms with Crippen LogP contribution >= 0.6 is 0 Å². The molecular weight excluding hydrogens is 811 g/mol. The van der Waals surface area contributed by atoms with Crippen LogP contribution in [-0.2, 0) is 35.1 Å². The van der Waals surface area contributed by atoms with Crippen LogP contribution in [0, 0.1) is 11.3 Å². The molecule has 64 heavy (non-hydrogen) atoms. The Morgan fingerprint density at radius 1 is 1.05 bits per heavy atom. The number of rotatable bonds is 24. The van der Waals surface area contributed by atoms with Gasteiger partial charge in [-0.05, 0) is 143 Å². The number of nitrogens with one attached hydrogen (secondary N) is 4. The van der Waals surface area contributed by atoms with Crippen molar-refractivity contribution in [2.75, 3.05) is 59.4 Å². The SMILES string of the molecule is CCN1c2ccc(-c3cc(O)cc(CC(CCCCNNC=O)NC(=O)C(C4CCCC4)N(C)C)c3)cc2C(CC(C)(C)COC(C)=O)C1c1cccnc1C(C)OC.CNCC=O. The lowest BCUT2D eigenvalue weighted by atomic mass is 9.76. The number of aldehydes is 1. The second-order valence-corrected chi connectivity index (χ2v) is 18.3. The van der Waals surface area contributed by atoms with Crippen LogP contribution in [0.25, 0.3) is 11.1 Å². The molecule has 3 aromatic rings. The molecule has 5 unspecified atom stereocenters. The van der Waals surface area contributed by atoms with Gasteiger partial charge in [0.25, 0.3) is 0 Å². The number of fused-ring (bicyclic) bond motifs is 1. The summed E-state index contributed by atoms with van der Waals surface area (Å²) in [4.78, 5) is 55.3. The molecule has 0 saturated heterocycles.